The average Bonchev–Trinajstić information content (AvgIpc) is 3.55. The first-order chi connectivity index (χ1) is 12.2. The van der Waals surface area contributed by atoms with Crippen LogP contribution in [-0.2, 0) is 5.41 Å². The van der Waals surface area contributed by atoms with E-state index in [-0.39, 0.29) is 35.2 Å². The molecule has 0 spiro atoms. The zero-order valence-electron chi connectivity index (χ0n) is 15.5. The highest BCUT2D eigenvalue weighted by Crippen LogP contribution is 2.47. The van der Waals surface area contributed by atoms with Crippen LogP contribution in [0, 0.1) is 11.7 Å². The third kappa shape index (κ3) is 4.68. The van der Waals surface area contributed by atoms with Crippen LogP contribution in [-0.4, -0.2) is 50.1 Å². The second kappa shape index (κ2) is 8.42. The fourth-order valence-corrected chi connectivity index (χ4v) is 4.05. The van der Waals surface area contributed by atoms with E-state index in [1.54, 1.807) is 6.07 Å². The van der Waals surface area contributed by atoms with Crippen molar-refractivity contribution in [1.82, 2.24) is 15.5 Å². The highest BCUT2D eigenvalue weighted by atomic mass is 127. The fraction of sp³-hybridized carbons (Fsp3) is 0.650. The molecule has 2 aliphatic carbocycles. The maximum atomic E-state index is 13.5. The summed E-state index contributed by atoms with van der Waals surface area (Å²) in [5, 5.41) is 6.96. The molecule has 1 unspecified atom stereocenters. The molecule has 0 amide bonds. The molecule has 1 aromatic rings. The smallest absolute Gasteiger partial charge is 0.191 e. The number of halogens is 2. The summed E-state index contributed by atoms with van der Waals surface area (Å²) in [4.78, 5) is 7.01. The third-order valence-corrected chi connectivity index (χ3v) is 6.05. The molecule has 1 atom stereocenters. The standard InChI is InChI=1S/C20H29FN4.HI/c1-22-19(23-12-15-7-10-25(13-15)18-5-6-18)24-14-20(8-9-20)16-3-2-4-17(21)11-16;/h2-4,11,15,18H,5-10,12-14H2,1H3,(H2,22,23,24);1H. The number of rotatable bonds is 6. The van der Waals surface area contributed by atoms with Crippen molar-refractivity contribution in [1.29, 1.82) is 0 Å². The van der Waals surface area contributed by atoms with Crippen LogP contribution in [0.2, 0.25) is 0 Å². The molecule has 4 rings (SSSR count). The number of hydrogen-bond acceptors (Lipinski definition) is 2. The lowest BCUT2D eigenvalue weighted by molar-refractivity contribution is 0.314. The van der Waals surface area contributed by atoms with E-state index < -0.39 is 0 Å². The zero-order chi connectivity index (χ0) is 17.3. The van der Waals surface area contributed by atoms with Gasteiger partial charge in [-0.25, -0.2) is 4.39 Å². The van der Waals surface area contributed by atoms with Crippen molar-refractivity contribution in [3.63, 3.8) is 0 Å². The van der Waals surface area contributed by atoms with E-state index >= 15 is 0 Å². The van der Waals surface area contributed by atoms with Gasteiger partial charge in [0.2, 0.25) is 0 Å². The number of likely N-dealkylation sites (tertiary alicyclic amines) is 1. The lowest BCUT2D eigenvalue weighted by atomic mass is 9.96. The van der Waals surface area contributed by atoms with Crippen molar-refractivity contribution in [2.45, 2.75) is 43.6 Å². The summed E-state index contributed by atoms with van der Waals surface area (Å²) in [7, 11) is 1.82. The molecule has 144 valence electrons. The zero-order valence-corrected chi connectivity index (χ0v) is 17.8. The van der Waals surface area contributed by atoms with E-state index in [0.29, 0.717) is 0 Å². The van der Waals surface area contributed by atoms with Crippen molar-refractivity contribution in [2.24, 2.45) is 10.9 Å². The van der Waals surface area contributed by atoms with Crippen molar-refractivity contribution >= 4 is 29.9 Å². The lowest BCUT2D eigenvalue weighted by Gasteiger charge is -2.20. The molecular formula is C20H30FIN4. The lowest BCUT2D eigenvalue weighted by Crippen LogP contribution is -2.43. The molecule has 1 aliphatic heterocycles. The van der Waals surface area contributed by atoms with Crippen molar-refractivity contribution in [3.05, 3.63) is 35.6 Å². The van der Waals surface area contributed by atoms with E-state index in [1.165, 1.54) is 38.4 Å². The Bertz CT molecular complexity index is 642. The van der Waals surface area contributed by atoms with E-state index in [2.05, 4.69) is 20.5 Å². The van der Waals surface area contributed by atoms with Crippen LogP contribution in [0.5, 0.6) is 0 Å². The normalized spacial score (nSPS) is 24.8. The van der Waals surface area contributed by atoms with Gasteiger partial charge >= 0.3 is 0 Å². The van der Waals surface area contributed by atoms with Crippen LogP contribution >= 0.6 is 24.0 Å². The van der Waals surface area contributed by atoms with Crippen LogP contribution < -0.4 is 10.6 Å². The molecule has 0 radical (unpaired) electrons. The Labute approximate surface area is 173 Å². The minimum atomic E-state index is -0.146. The molecule has 1 heterocycles. The van der Waals surface area contributed by atoms with E-state index in [1.807, 2.05) is 19.2 Å². The summed E-state index contributed by atoms with van der Waals surface area (Å²) >= 11 is 0. The van der Waals surface area contributed by atoms with Crippen LogP contribution in [0.15, 0.2) is 29.3 Å². The summed E-state index contributed by atoms with van der Waals surface area (Å²) in [6.07, 6.45) is 6.30. The monoisotopic (exact) mass is 472 g/mol. The van der Waals surface area contributed by atoms with Gasteiger partial charge in [0.1, 0.15) is 5.82 Å². The first kappa shape index (κ1) is 19.9. The molecular weight excluding hydrogens is 442 g/mol. The maximum Gasteiger partial charge on any atom is 0.191 e. The number of hydrogen-bond donors (Lipinski definition) is 2. The van der Waals surface area contributed by atoms with Gasteiger partial charge in [-0.05, 0) is 62.3 Å². The molecule has 3 aliphatic rings. The predicted octanol–water partition coefficient (Wildman–Crippen LogP) is 3.12. The van der Waals surface area contributed by atoms with Gasteiger partial charge in [-0.3, -0.25) is 4.99 Å². The largest absolute Gasteiger partial charge is 0.356 e. The minimum Gasteiger partial charge on any atom is -0.356 e. The fourth-order valence-electron chi connectivity index (χ4n) is 4.05. The number of aliphatic imine (C=N–C) groups is 1. The number of nitrogens with zero attached hydrogens (tertiary/aromatic N) is 2. The first-order valence-electron chi connectivity index (χ1n) is 9.63. The molecule has 2 N–H and O–H groups in total. The average molecular weight is 472 g/mol. The van der Waals surface area contributed by atoms with Crippen LogP contribution in [0.1, 0.15) is 37.7 Å². The second-order valence-electron chi connectivity index (χ2n) is 7.98. The quantitative estimate of drug-likeness (QED) is 0.380. The number of guanidine groups is 1. The summed E-state index contributed by atoms with van der Waals surface area (Å²) in [6.45, 7) is 4.28. The van der Waals surface area contributed by atoms with Gasteiger partial charge in [-0.2, -0.15) is 0 Å². The maximum absolute atomic E-state index is 13.5. The predicted molar refractivity (Wildman–Crippen MR) is 115 cm³/mol. The van der Waals surface area contributed by atoms with Gasteiger partial charge in [0.05, 0.1) is 0 Å². The van der Waals surface area contributed by atoms with Crippen LogP contribution in [0.25, 0.3) is 0 Å². The van der Waals surface area contributed by atoms with Gasteiger partial charge in [-0.1, -0.05) is 12.1 Å². The molecule has 4 nitrogen and oxygen atoms in total. The number of nitrogens with one attached hydrogen (secondary N) is 2. The van der Waals surface area contributed by atoms with Crippen LogP contribution in [0.4, 0.5) is 4.39 Å². The third-order valence-electron chi connectivity index (χ3n) is 6.05. The Kier molecular flexibility index (Phi) is 6.43. The van der Waals surface area contributed by atoms with Crippen molar-refractivity contribution in [2.75, 3.05) is 33.2 Å². The Morgan fingerprint density at radius 1 is 1.27 bits per heavy atom. The number of benzene rings is 1. The van der Waals surface area contributed by atoms with Crippen molar-refractivity contribution in [3.8, 4) is 0 Å². The van der Waals surface area contributed by atoms with E-state index in [9.17, 15) is 4.39 Å². The Morgan fingerprint density at radius 2 is 2.08 bits per heavy atom. The summed E-state index contributed by atoms with van der Waals surface area (Å²) in [5.74, 6) is 1.44. The molecule has 1 saturated heterocycles. The molecule has 26 heavy (non-hydrogen) atoms. The highest BCUT2D eigenvalue weighted by Gasteiger charge is 2.44. The SMILES string of the molecule is CN=C(NCC1CCN(C2CC2)C1)NCC1(c2cccc(F)c2)CC1.I. The molecule has 0 aromatic heterocycles. The topological polar surface area (TPSA) is 39.7 Å². The van der Waals surface area contributed by atoms with Crippen LogP contribution in [0.3, 0.4) is 0 Å². The first-order valence-corrected chi connectivity index (χ1v) is 9.63. The van der Waals surface area contributed by atoms with E-state index in [0.717, 1.165) is 49.4 Å². The molecule has 6 heteroatoms. The second-order valence-corrected chi connectivity index (χ2v) is 7.98. The molecule has 3 fully saturated rings. The molecule has 0 bridgehead atoms. The van der Waals surface area contributed by atoms with Gasteiger partial charge < -0.3 is 15.5 Å². The van der Waals surface area contributed by atoms with Gasteiger partial charge in [-0.15, -0.1) is 24.0 Å². The summed E-state index contributed by atoms with van der Waals surface area (Å²) in [5.41, 5.74) is 1.18. The van der Waals surface area contributed by atoms with Gasteiger partial charge in [0.15, 0.2) is 5.96 Å². The Morgan fingerprint density at radius 3 is 2.73 bits per heavy atom. The van der Waals surface area contributed by atoms with E-state index in [4.69, 9.17) is 0 Å². The summed E-state index contributed by atoms with van der Waals surface area (Å²) < 4.78 is 13.5. The Balaban J connectivity index is 0.00000196. The van der Waals surface area contributed by atoms with Gasteiger partial charge in [0, 0.05) is 38.1 Å². The summed E-state index contributed by atoms with van der Waals surface area (Å²) in [6, 6.07) is 7.92. The Hall–Kier alpha value is -0.890. The molecule has 1 aromatic carbocycles. The van der Waals surface area contributed by atoms with Crippen molar-refractivity contribution < 1.29 is 4.39 Å². The molecule has 2 saturated carbocycles. The van der Waals surface area contributed by atoms with Gasteiger partial charge in [0.25, 0.3) is 0 Å². The highest BCUT2D eigenvalue weighted by molar-refractivity contribution is 14.0. The minimum absolute atomic E-state index is 0.